The van der Waals surface area contributed by atoms with Crippen LogP contribution in [0.1, 0.15) is 24.7 Å². The van der Waals surface area contributed by atoms with Gasteiger partial charge in [-0.3, -0.25) is 4.98 Å². The molecule has 0 saturated carbocycles. The molecule has 0 saturated heterocycles. The van der Waals surface area contributed by atoms with Crippen LogP contribution in [0.3, 0.4) is 0 Å². The monoisotopic (exact) mass is 468 g/mol. The highest BCUT2D eigenvalue weighted by Crippen LogP contribution is 2.32. The lowest BCUT2D eigenvalue weighted by molar-refractivity contribution is 0.297. The molecule has 2 aromatic rings. The Balaban J connectivity index is 0.00000243. The Kier molecular flexibility index (Phi) is 7.96. The standard InChI is InChI=1S/C19H24N4O2.HI/c1-3-20-19(21-13-16-7-4-6-14(2)22-16)23-15-8-9-17-18(12-15)25-11-5-10-24-17;/h4,6-9,12H,3,5,10-11,13H2,1-2H3,(H2,20,21,23);1H. The second-order valence-electron chi connectivity index (χ2n) is 5.80. The van der Waals surface area contributed by atoms with E-state index >= 15 is 0 Å². The second-order valence-corrected chi connectivity index (χ2v) is 5.80. The zero-order valence-corrected chi connectivity index (χ0v) is 17.4. The van der Waals surface area contributed by atoms with E-state index in [1.807, 2.05) is 50.2 Å². The van der Waals surface area contributed by atoms with Crippen molar-refractivity contribution in [3.8, 4) is 11.5 Å². The van der Waals surface area contributed by atoms with E-state index in [9.17, 15) is 0 Å². The number of anilines is 1. The summed E-state index contributed by atoms with van der Waals surface area (Å²) in [4.78, 5) is 9.09. The Morgan fingerprint density at radius 3 is 2.73 bits per heavy atom. The van der Waals surface area contributed by atoms with Crippen LogP contribution in [0.4, 0.5) is 5.69 Å². The quantitative estimate of drug-likeness (QED) is 0.407. The molecule has 0 amide bonds. The minimum atomic E-state index is 0. The highest BCUT2D eigenvalue weighted by Gasteiger charge is 2.11. The number of fused-ring (bicyclic) bond motifs is 1. The molecule has 0 fully saturated rings. The third kappa shape index (κ3) is 5.76. The number of guanidine groups is 1. The molecule has 26 heavy (non-hydrogen) atoms. The minimum Gasteiger partial charge on any atom is -0.490 e. The van der Waals surface area contributed by atoms with Crippen molar-refractivity contribution >= 4 is 35.6 Å². The van der Waals surface area contributed by atoms with E-state index < -0.39 is 0 Å². The molecule has 1 aliphatic rings. The molecule has 2 N–H and O–H groups in total. The Bertz CT molecular complexity index is 752. The van der Waals surface area contributed by atoms with E-state index in [2.05, 4.69) is 20.6 Å². The van der Waals surface area contributed by atoms with E-state index in [-0.39, 0.29) is 24.0 Å². The molecule has 2 heterocycles. The maximum atomic E-state index is 5.74. The van der Waals surface area contributed by atoms with Gasteiger partial charge in [0.05, 0.1) is 25.5 Å². The Hall–Kier alpha value is -2.03. The maximum Gasteiger partial charge on any atom is 0.196 e. The molecule has 3 rings (SSSR count). The van der Waals surface area contributed by atoms with Crippen molar-refractivity contribution in [2.45, 2.75) is 26.8 Å². The van der Waals surface area contributed by atoms with Crippen molar-refractivity contribution in [1.82, 2.24) is 10.3 Å². The molecule has 1 aromatic heterocycles. The lowest BCUT2D eigenvalue weighted by atomic mass is 10.2. The number of nitrogens with one attached hydrogen (secondary N) is 2. The van der Waals surface area contributed by atoms with E-state index in [0.29, 0.717) is 25.7 Å². The van der Waals surface area contributed by atoms with Crippen LogP contribution in [0.25, 0.3) is 0 Å². The fourth-order valence-electron chi connectivity index (χ4n) is 2.53. The lowest BCUT2D eigenvalue weighted by Crippen LogP contribution is -2.30. The van der Waals surface area contributed by atoms with Crippen molar-refractivity contribution in [2.75, 3.05) is 25.1 Å². The Morgan fingerprint density at radius 2 is 1.96 bits per heavy atom. The fraction of sp³-hybridized carbons (Fsp3) is 0.368. The molecule has 0 radical (unpaired) electrons. The molecule has 140 valence electrons. The van der Waals surface area contributed by atoms with Crippen LogP contribution < -0.4 is 20.1 Å². The van der Waals surface area contributed by atoms with Crippen molar-refractivity contribution in [3.05, 3.63) is 47.8 Å². The first-order chi connectivity index (χ1) is 12.2. The van der Waals surface area contributed by atoms with E-state index in [1.54, 1.807) is 0 Å². The highest BCUT2D eigenvalue weighted by molar-refractivity contribution is 14.0. The number of aryl methyl sites for hydroxylation is 1. The molecule has 0 unspecified atom stereocenters. The van der Waals surface area contributed by atoms with Crippen molar-refractivity contribution in [2.24, 2.45) is 4.99 Å². The van der Waals surface area contributed by atoms with Crippen molar-refractivity contribution in [1.29, 1.82) is 0 Å². The summed E-state index contributed by atoms with van der Waals surface area (Å²) in [6.45, 7) is 6.67. The van der Waals surface area contributed by atoms with Crippen LogP contribution in [0.15, 0.2) is 41.4 Å². The number of benzene rings is 1. The molecule has 7 heteroatoms. The van der Waals surface area contributed by atoms with Gasteiger partial charge in [0.15, 0.2) is 17.5 Å². The van der Waals surface area contributed by atoms with Crippen LogP contribution in [0.5, 0.6) is 11.5 Å². The van der Waals surface area contributed by atoms with Crippen LogP contribution in [0, 0.1) is 6.92 Å². The third-order valence-electron chi connectivity index (χ3n) is 3.70. The molecule has 0 atom stereocenters. The summed E-state index contributed by atoms with van der Waals surface area (Å²) >= 11 is 0. The number of pyridine rings is 1. The summed E-state index contributed by atoms with van der Waals surface area (Å²) < 4.78 is 11.4. The SMILES string of the molecule is CCNC(=NCc1cccc(C)n1)Nc1ccc2c(c1)OCCCO2.I. The summed E-state index contributed by atoms with van der Waals surface area (Å²) in [5, 5.41) is 6.56. The zero-order valence-electron chi connectivity index (χ0n) is 15.1. The first kappa shape index (κ1) is 20.3. The molecule has 1 aliphatic heterocycles. The first-order valence-corrected chi connectivity index (χ1v) is 8.62. The molecule has 0 aliphatic carbocycles. The smallest absolute Gasteiger partial charge is 0.196 e. The first-order valence-electron chi connectivity index (χ1n) is 8.62. The maximum absolute atomic E-state index is 5.74. The lowest BCUT2D eigenvalue weighted by Gasteiger charge is -2.13. The number of halogens is 1. The topological polar surface area (TPSA) is 67.8 Å². The van der Waals surface area contributed by atoms with E-state index in [0.717, 1.165) is 41.5 Å². The Labute approximate surface area is 171 Å². The molecule has 0 spiro atoms. The fourth-order valence-corrected chi connectivity index (χ4v) is 2.53. The summed E-state index contributed by atoms with van der Waals surface area (Å²) in [7, 11) is 0. The number of aliphatic imine (C=N–C) groups is 1. The van der Waals surface area contributed by atoms with Crippen molar-refractivity contribution in [3.63, 3.8) is 0 Å². The molecule has 6 nitrogen and oxygen atoms in total. The van der Waals surface area contributed by atoms with Gasteiger partial charge in [0.25, 0.3) is 0 Å². The molecule has 1 aromatic carbocycles. The van der Waals surface area contributed by atoms with Gasteiger partial charge in [-0.2, -0.15) is 0 Å². The van der Waals surface area contributed by atoms with Gasteiger partial charge in [-0.15, -0.1) is 24.0 Å². The predicted molar refractivity (Wildman–Crippen MR) is 115 cm³/mol. The summed E-state index contributed by atoms with van der Waals surface area (Å²) in [5.74, 6) is 2.26. The largest absolute Gasteiger partial charge is 0.490 e. The van der Waals surface area contributed by atoms with Gasteiger partial charge in [-0.25, -0.2) is 4.99 Å². The van der Waals surface area contributed by atoms with Gasteiger partial charge >= 0.3 is 0 Å². The number of ether oxygens (including phenoxy) is 2. The van der Waals surface area contributed by atoms with Gasteiger partial charge in [0.1, 0.15) is 0 Å². The number of rotatable bonds is 4. The molecule has 0 bridgehead atoms. The van der Waals surface area contributed by atoms with Gasteiger partial charge in [-0.1, -0.05) is 6.07 Å². The molecular formula is C19H25IN4O2. The van der Waals surface area contributed by atoms with Gasteiger partial charge in [0.2, 0.25) is 0 Å². The van der Waals surface area contributed by atoms with E-state index in [1.165, 1.54) is 0 Å². The summed E-state index contributed by atoms with van der Waals surface area (Å²) in [5.41, 5.74) is 2.84. The zero-order chi connectivity index (χ0) is 17.5. The summed E-state index contributed by atoms with van der Waals surface area (Å²) in [6.07, 6.45) is 0.894. The normalized spacial score (nSPS) is 13.4. The number of aromatic nitrogens is 1. The van der Waals surface area contributed by atoms with Crippen LogP contribution in [-0.4, -0.2) is 30.7 Å². The van der Waals surface area contributed by atoms with Crippen LogP contribution >= 0.6 is 24.0 Å². The van der Waals surface area contributed by atoms with Gasteiger partial charge < -0.3 is 20.1 Å². The van der Waals surface area contributed by atoms with Gasteiger partial charge in [0, 0.05) is 30.4 Å². The van der Waals surface area contributed by atoms with Crippen molar-refractivity contribution < 1.29 is 9.47 Å². The van der Waals surface area contributed by atoms with Crippen LogP contribution in [0.2, 0.25) is 0 Å². The second kappa shape index (κ2) is 10.2. The number of hydrogen-bond donors (Lipinski definition) is 2. The van der Waals surface area contributed by atoms with Gasteiger partial charge in [-0.05, 0) is 38.1 Å². The minimum absolute atomic E-state index is 0. The predicted octanol–water partition coefficient (Wildman–Crippen LogP) is 3.75. The van der Waals surface area contributed by atoms with E-state index in [4.69, 9.17) is 9.47 Å². The number of hydrogen-bond acceptors (Lipinski definition) is 4. The molecular weight excluding hydrogens is 443 g/mol. The average molecular weight is 468 g/mol. The number of nitrogens with zero attached hydrogens (tertiary/aromatic N) is 2. The highest BCUT2D eigenvalue weighted by atomic mass is 127. The van der Waals surface area contributed by atoms with Crippen LogP contribution in [-0.2, 0) is 6.54 Å². The summed E-state index contributed by atoms with van der Waals surface area (Å²) in [6, 6.07) is 11.8. The Morgan fingerprint density at radius 1 is 1.15 bits per heavy atom. The third-order valence-corrected chi connectivity index (χ3v) is 3.70. The average Bonchev–Trinajstić information content (AvgIpc) is 2.85.